The van der Waals surface area contributed by atoms with Crippen molar-refractivity contribution in [1.82, 2.24) is 0 Å². The Kier molecular flexibility index (Phi) is 7.48. The van der Waals surface area contributed by atoms with Gasteiger partial charge in [0.15, 0.2) is 0 Å². The Bertz CT molecular complexity index is 579. The smallest absolute Gasteiger partial charge is 0.319 e. The van der Waals surface area contributed by atoms with Crippen LogP contribution in [0.15, 0.2) is 17.0 Å². The minimum Gasteiger partial charge on any atom is -0.465 e. The average Bonchev–Trinajstić information content (AvgIpc) is 2.48. The first kappa shape index (κ1) is 19.4. The molecule has 0 spiro atoms. The lowest BCUT2D eigenvalue weighted by Gasteiger charge is -2.15. The first-order chi connectivity index (χ1) is 10.8. The van der Waals surface area contributed by atoms with Gasteiger partial charge in [0, 0.05) is 16.9 Å². The van der Waals surface area contributed by atoms with E-state index in [0.29, 0.717) is 12.5 Å². The molecule has 0 aliphatic heterocycles. The zero-order valence-corrected chi connectivity index (χ0v) is 14.4. The van der Waals surface area contributed by atoms with Crippen LogP contribution in [-0.2, 0) is 14.3 Å². The summed E-state index contributed by atoms with van der Waals surface area (Å²) in [5.41, 5.74) is -0.105. The van der Waals surface area contributed by atoms with Gasteiger partial charge in [0.2, 0.25) is 5.91 Å². The number of carbonyl (C=O) groups excluding carboxylic acids is 2. The number of anilines is 1. The quantitative estimate of drug-likeness (QED) is 0.600. The van der Waals surface area contributed by atoms with Gasteiger partial charge in [-0.05, 0) is 19.4 Å². The first-order valence-corrected chi connectivity index (χ1v) is 8.31. The van der Waals surface area contributed by atoms with Crippen molar-refractivity contribution in [3.63, 3.8) is 0 Å². The van der Waals surface area contributed by atoms with Gasteiger partial charge in [0.25, 0.3) is 0 Å². The predicted octanol–water partition coefficient (Wildman–Crippen LogP) is 3.99. The van der Waals surface area contributed by atoms with Crippen molar-refractivity contribution < 1.29 is 23.1 Å². The van der Waals surface area contributed by atoms with Gasteiger partial charge in [-0.25, -0.2) is 8.78 Å². The monoisotopic (exact) mass is 345 g/mol. The van der Waals surface area contributed by atoms with Crippen LogP contribution in [0.2, 0.25) is 0 Å². The molecule has 1 rings (SSSR count). The molecule has 0 fully saturated rings. The Morgan fingerprint density at radius 1 is 1.22 bits per heavy atom. The van der Waals surface area contributed by atoms with E-state index in [2.05, 4.69) is 5.32 Å². The van der Waals surface area contributed by atoms with E-state index >= 15 is 0 Å². The lowest BCUT2D eigenvalue weighted by molar-refractivity contribution is -0.142. The molecule has 4 nitrogen and oxygen atoms in total. The molecule has 1 atom stereocenters. The summed E-state index contributed by atoms with van der Waals surface area (Å²) in [6, 6.07) is 1.91. The van der Waals surface area contributed by atoms with E-state index in [1.54, 1.807) is 27.7 Å². The third-order valence-electron chi connectivity index (χ3n) is 2.99. The molecule has 7 heteroatoms. The number of hydrogen-bond donors (Lipinski definition) is 1. The van der Waals surface area contributed by atoms with Crippen LogP contribution in [0.1, 0.15) is 34.1 Å². The molecule has 1 N–H and O–H groups in total. The molecular weight excluding hydrogens is 324 g/mol. The highest BCUT2D eigenvalue weighted by atomic mass is 32.2. The van der Waals surface area contributed by atoms with Crippen LogP contribution < -0.4 is 5.32 Å². The topological polar surface area (TPSA) is 55.4 Å². The summed E-state index contributed by atoms with van der Waals surface area (Å²) >= 11 is 0.954. The molecule has 1 aromatic carbocycles. The van der Waals surface area contributed by atoms with Gasteiger partial charge in [0.1, 0.15) is 16.9 Å². The summed E-state index contributed by atoms with van der Waals surface area (Å²) in [7, 11) is 0. The molecule has 128 valence electrons. The highest BCUT2D eigenvalue weighted by Gasteiger charge is 2.22. The summed E-state index contributed by atoms with van der Waals surface area (Å²) < 4.78 is 32.7. The Morgan fingerprint density at radius 2 is 1.87 bits per heavy atom. The molecular formula is C16H21F2NO3S. The van der Waals surface area contributed by atoms with Gasteiger partial charge in [-0.3, -0.25) is 9.59 Å². The molecule has 1 amide bonds. The van der Waals surface area contributed by atoms with Crippen LogP contribution in [0.4, 0.5) is 14.5 Å². The van der Waals surface area contributed by atoms with E-state index in [1.807, 2.05) is 0 Å². The number of thioether (sulfide) groups is 1. The fourth-order valence-electron chi connectivity index (χ4n) is 1.68. The van der Waals surface area contributed by atoms with Crippen LogP contribution >= 0.6 is 11.8 Å². The van der Waals surface area contributed by atoms with E-state index in [4.69, 9.17) is 4.74 Å². The van der Waals surface area contributed by atoms with E-state index < -0.39 is 22.9 Å². The molecule has 0 saturated carbocycles. The highest BCUT2D eigenvalue weighted by Crippen LogP contribution is 2.32. The van der Waals surface area contributed by atoms with Crippen molar-refractivity contribution in [2.24, 2.45) is 5.92 Å². The largest absolute Gasteiger partial charge is 0.465 e. The van der Waals surface area contributed by atoms with Crippen molar-refractivity contribution in [2.45, 2.75) is 44.3 Å². The molecule has 0 radical (unpaired) electrons. The summed E-state index contributed by atoms with van der Waals surface area (Å²) in [5, 5.41) is 1.82. The van der Waals surface area contributed by atoms with Gasteiger partial charge in [-0.15, -0.1) is 11.8 Å². The van der Waals surface area contributed by atoms with Crippen LogP contribution in [0.3, 0.4) is 0 Å². The summed E-state index contributed by atoms with van der Waals surface area (Å²) in [6.45, 7) is 7.03. The zero-order valence-electron chi connectivity index (χ0n) is 13.6. The maximum absolute atomic E-state index is 13.9. The van der Waals surface area contributed by atoms with Gasteiger partial charge in [-0.1, -0.05) is 20.8 Å². The molecule has 0 bridgehead atoms. The number of esters is 1. The number of carbonyl (C=O) groups is 2. The van der Waals surface area contributed by atoms with E-state index in [-0.39, 0.29) is 29.0 Å². The Morgan fingerprint density at radius 3 is 2.39 bits per heavy atom. The second-order valence-electron chi connectivity index (χ2n) is 5.17. The lowest BCUT2D eigenvalue weighted by atomic mass is 10.2. The van der Waals surface area contributed by atoms with Crippen molar-refractivity contribution in [3.8, 4) is 0 Å². The maximum Gasteiger partial charge on any atom is 0.319 e. The average molecular weight is 345 g/mol. The van der Waals surface area contributed by atoms with Crippen molar-refractivity contribution in [1.29, 1.82) is 0 Å². The number of hydrogen-bond acceptors (Lipinski definition) is 4. The van der Waals surface area contributed by atoms with Crippen LogP contribution in [0.25, 0.3) is 0 Å². The standard InChI is InChI=1S/C16H21F2NO3S/c1-5-13(16(21)22-6-2)23-14-8-12(10(17)7-11(14)18)19-15(20)9(3)4/h7-9,13H,5-6H2,1-4H3,(H,19,20). The second kappa shape index (κ2) is 8.86. The van der Waals surface area contributed by atoms with E-state index in [1.165, 1.54) is 6.07 Å². The van der Waals surface area contributed by atoms with Crippen molar-refractivity contribution >= 4 is 29.3 Å². The summed E-state index contributed by atoms with van der Waals surface area (Å²) in [4.78, 5) is 23.6. The number of halogens is 2. The number of benzene rings is 1. The van der Waals surface area contributed by atoms with Crippen LogP contribution in [0, 0.1) is 17.6 Å². The molecule has 1 aromatic rings. The molecule has 0 aliphatic rings. The molecule has 0 heterocycles. The lowest BCUT2D eigenvalue weighted by Crippen LogP contribution is -2.20. The third-order valence-corrected chi connectivity index (χ3v) is 4.37. The van der Waals surface area contributed by atoms with Gasteiger partial charge in [-0.2, -0.15) is 0 Å². The zero-order chi connectivity index (χ0) is 17.6. The molecule has 0 aliphatic carbocycles. The van der Waals surface area contributed by atoms with Gasteiger partial charge >= 0.3 is 5.97 Å². The van der Waals surface area contributed by atoms with Crippen LogP contribution in [-0.4, -0.2) is 23.7 Å². The Hall–Kier alpha value is -1.63. The molecule has 0 aromatic heterocycles. The number of amides is 1. The van der Waals surface area contributed by atoms with Gasteiger partial charge < -0.3 is 10.1 Å². The fraction of sp³-hybridized carbons (Fsp3) is 0.500. The molecule has 1 unspecified atom stereocenters. The van der Waals surface area contributed by atoms with E-state index in [0.717, 1.165) is 11.8 Å². The fourth-order valence-corrected chi connectivity index (χ4v) is 2.67. The Balaban J connectivity index is 3.02. The van der Waals surface area contributed by atoms with E-state index in [9.17, 15) is 18.4 Å². The number of rotatable bonds is 7. The number of ether oxygens (including phenoxy) is 1. The highest BCUT2D eigenvalue weighted by molar-refractivity contribution is 8.00. The van der Waals surface area contributed by atoms with Gasteiger partial charge in [0.05, 0.1) is 12.3 Å². The SMILES string of the molecule is CCOC(=O)C(CC)Sc1cc(NC(=O)C(C)C)c(F)cc1F. The normalized spacial score (nSPS) is 12.1. The minimum atomic E-state index is -0.856. The molecule has 0 saturated heterocycles. The minimum absolute atomic E-state index is 0.0883. The predicted molar refractivity (Wildman–Crippen MR) is 86.4 cm³/mol. The van der Waals surface area contributed by atoms with Crippen molar-refractivity contribution in [2.75, 3.05) is 11.9 Å². The summed E-state index contributed by atoms with van der Waals surface area (Å²) in [6.07, 6.45) is 0.438. The third kappa shape index (κ3) is 5.49. The maximum atomic E-state index is 13.9. The molecule has 23 heavy (non-hydrogen) atoms. The van der Waals surface area contributed by atoms with Crippen molar-refractivity contribution in [3.05, 3.63) is 23.8 Å². The van der Waals surface area contributed by atoms with Crippen LogP contribution in [0.5, 0.6) is 0 Å². The second-order valence-corrected chi connectivity index (χ2v) is 6.42. The number of nitrogens with one attached hydrogen (secondary N) is 1. The first-order valence-electron chi connectivity index (χ1n) is 7.43. The summed E-state index contributed by atoms with van der Waals surface area (Å²) in [5.74, 6) is -2.79. The Labute approximate surface area is 139 Å².